The first kappa shape index (κ1) is 16.7. The van der Waals surface area contributed by atoms with Gasteiger partial charge in [0.15, 0.2) is 0 Å². The van der Waals surface area contributed by atoms with Crippen molar-refractivity contribution < 1.29 is 14.3 Å². The zero-order chi connectivity index (χ0) is 17.1. The number of hydrogen-bond donors (Lipinski definition) is 1. The van der Waals surface area contributed by atoms with Crippen LogP contribution in [-0.4, -0.2) is 60.6 Å². The van der Waals surface area contributed by atoms with Crippen LogP contribution in [0.1, 0.15) is 30.1 Å². The first-order valence-electron chi connectivity index (χ1n) is 8.45. The van der Waals surface area contributed by atoms with E-state index in [1.807, 2.05) is 13.0 Å². The van der Waals surface area contributed by atoms with Crippen molar-refractivity contribution in [3.05, 3.63) is 23.9 Å². The van der Waals surface area contributed by atoms with E-state index in [9.17, 15) is 9.59 Å². The van der Waals surface area contributed by atoms with Crippen LogP contribution in [0.15, 0.2) is 18.3 Å². The molecule has 0 aromatic carbocycles. The third kappa shape index (κ3) is 3.51. The van der Waals surface area contributed by atoms with Crippen molar-refractivity contribution in [2.24, 2.45) is 11.7 Å². The Kier molecular flexibility index (Phi) is 4.99. The van der Waals surface area contributed by atoms with Crippen molar-refractivity contribution in [2.75, 3.05) is 37.7 Å². The number of pyridine rings is 1. The van der Waals surface area contributed by atoms with Crippen LogP contribution < -0.4 is 10.6 Å². The highest BCUT2D eigenvalue weighted by Gasteiger charge is 2.32. The molecule has 7 nitrogen and oxygen atoms in total. The van der Waals surface area contributed by atoms with E-state index in [-0.39, 0.29) is 23.8 Å². The van der Waals surface area contributed by atoms with Gasteiger partial charge >= 0.3 is 0 Å². The molecule has 2 aliphatic rings. The van der Waals surface area contributed by atoms with Crippen LogP contribution in [0.4, 0.5) is 5.82 Å². The van der Waals surface area contributed by atoms with Crippen LogP contribution in [0.3, 0.4) is 0 Å². The quantitative estimate of drug-likeness (QED) is 0.878. The lowest BCUT2D eigenvalue weighted by Crippen LogP contribution is -2.48. The highest BCUT2D eigenvalue weighted by atomic mass is 16.5. The number of rotatable bonds is 3. The first-order valence-corrected chi connectivity index (χ1v) is 8.45. The summed E-state index contributed by atoms with van der Waals surface area (Å²) in [6.45, 7) is 5.41. The fourth-order valence-corrected chi connectivity index (χ4v) is 3.28. The molecule has 3 rings (SSSR count). The van der Waals surface area contributed by atoms with Gasteiger partial charge in [-0.15, -0.1) is 0 Å². The lowest BCUT2D eigenvalue weighted by atomic mass is 9.92. The second-order valence-electron chi connectivity index (χ2n) is 6.49. The molecule has 2 amide bonds. The number of carbonyl (C=O) groups excluding carboxylic acids is 2. The number of ether oxygens (including phenoxy) is 1. The smallest absolute Gasteiger partial charge is 0.255 e. The Hall–Kier alpha value is -2.15. The molecule has 0 unspecified atom stereocenters. The molecule has 2 atom stereocenters. The summed E-state index contributed by atoms with van der Waals surface area (Å²) < 4.78 is 5.34. The minimum absolute atomic E-state index is 0.0884. The number of nitrogens with zero attached hydrogens (tertiary/aromatic N) is 3. The van der Waals surface area contributed by atoms with Crippen molar-refractivity contribution in [3.63, 3.8) is 0 Å². The van der Waals surface area contributed by atoms with Crippen molar-refractivity contribution in [1.29, 1.82) is 0 Å². The monoisotopic (exact) mass is 332 g/mol. The van der Waals surface area contributed by atoms with E-state index in [0.717, 1.165) is 31.7 Å². The molecule has 24 heavy (non-hydrogen) atoms. The van der Waals surface area contributed by atoms with Gasteiger partial charge in [-0.05, 0) is 31.9 Å². The molecule has 1 aromatic heterocycles. The maximum atomic E-state index is 12.8. The third-order valence-electron chi connectivity index (χ3n) is 4.88. The second-order valence-corrected chi connectivity index (χ2v) is 6.49. The number of aromatic nitrogens is 1. The summed E-state index contributed by atoms with van der Waals surface area (Å²) in [5.74, 6) is 0.178. The molecule has 0 aliphatic carbocycles. The number of anilines is 1. The van der Waals surface area contributed by atoms with E-state index in [2.05, 4.69) is 9.88 Å². The predicted octanol–water partition coefficient (Wildman–Crippen LogP) is 0.644. The molecule has 2 N–H and O–H groups in total. The molecule has 2 fully saturated rings. The summed E-state index contributed by atoms with van der Waals surface area (Å²) in [6, 6.07) is 3.78. The largest absolute Gasteiger partial charge is 0.378 e. The molecule has 2 aliphatic heterocycles. The molecule has 7 heteroatoms. The minimum Gasteiger partial charge on any atom is -0.378 e. The second kappa shape index (κ2) is 7.17. The Morgan fingerprint density at radius 2 is 2.00 bits per heavy atom. The van der Waals surface area contributed by atoms with E-state index < -0.39 is 0 Å². The standard InChI is InChI=1S/C17H24N4O3/c1-12-2-3-14(16(18)22)11-21(12)17(23)13-4-5-15(19-10-13)20-6-8-24-9-7-20/h4-5,10,12,14H,2-3,6-9,11H2,1H3,(H2,18,22)/t12-,14+/m0/s1. The normalized spacial score (nSPS) is 24.7. The Balaban J connectivity index is 1.70. The zero-order valence-electron chi connectivity index (χ0n) is 14.0. The molecular formula is C17H24N4O3. The third-order valence-corrected chi connectivity index (χ3v) is 4.88. The molecule has 0 radical (unpaired) electrons. The van der Waals surface area contributed by atoms with Gasteiger partial charge in [0.2, 0.25) is 5.91 Å². The Labute approximate surface area is 141 Å². The number of primary amides is 1. The zero-order valence-corrected chi connectivity index (χ0v) is 14.0. The number of hydrogen-bond acceptors (Lipinski definition) is 5. The number of morpholine rings is 1. The number of piperidine rings is 1. The highest BCUT2D eigenvalue weighted by Crippen LogP contribution is 2.24. The van der Waals surface area contributed by atoms with Crippen molar-refractivity contribution in [2.45, 2.75) is 25.8 Å². The van der Waals surface area contributed by atoms with Crippen LogP contribution in [0.25, 0.3) is 0 Å². The average molecular weight is 332 g/mol. The Morgan fingerprint density at radius 3 is 2.62 bits per heavy atom. The van der Waals surface area contributed by atoms with E-state index in [1.54, 1.807) is 17.2 Å². The van der Waals surface area contributed by atoms with E-state index in [0.29, 0.717) is 25.3 Å². The molecule has 0 spiro atoms. The van der Waals surface area contributed by atoms with Crippen molar-refractivity contribution in [1.82, 2.24) is 9.88 Å². The van der Waals surface area contributed by atoms with Crippen molar-refractivity contribution in [3.8, 4) is 0 Å². The Bertz CT molecular complexity index is 598. The summed E-state index contributed by atoms with van der Waals surface area (Å²) in [5.41, 5.74) is 5.96. The van der Waals surface area contributed by atoms with Gasteiger partial charge in [0.25, 0.3) is 5.91 Å². The maximum absolute atomic E-state index is 12.8. The lowest BCUT2D eigenvalue weighted by molar-refractivity contribution is -0.123. The van der Waals surface area contributed by atoms with Crippen LogP contribution in [0.5, 0.6) is 0 Å². The van der Waals surface area contributed by atoms with Gasteiger partial charge < -0.3 is 20.3 Å². The van der Waals surface area contributed by atoms with Gasteiger partial charge in [0, 0.05) is 31.9 Å². The summed E-state index contributed by atoms with van der Waals surface area (Å²) >= 11 is 0. The van der Waals surface area contributed by atoms with E-state index in [1.165, 1.54) is 0 Å². The first-order chi connectivity index (χ1) is 11.6. The number of amides is 2. The van der Waals surface area contributed by atoms with Gasteiger partial charge in [0.05, 0.1) is 24.7 Å². The van der Waals surface area contributed by atoms with E-state index >= 15 is 0 Å². The predicted molar refractivity (Wildman–Crippen MR) is 89.7 cm³/mol. The van der Waals surface area contributed by atoms with Crippen LogP contribution in [0.2, 0.25) is 0 Å². The summed E-state index contributed by atoms with van der Waals surface area (Å²) in [4.78, 5) is 32.5. The molecule has 0 saturated carbocycles. The summed E-state index contributed by atoms with van der Waals surface area (Å²) in [7, 11) is 0. The van der Waals surface area contributed by atoms with Crippen LogP contribution >= 0.6 is 0 Å². The van der Waals surface area contributed by atoms with Gasteiger partial charge in [0.1, 0.15) is 5.82 Å². The SMILES string of the molecule is C[C@H]1CC[C@@H](C(N)=O)CN1C(=O)c1ccc(N2CCOCC2)nc1. The highest BCUT2D eigenvalue weighted by molar-refractivity contribution is 5.94. The van der Waals surface area contributed by atoms with E-state index in [4.69, 9.17) is 10.5 Å². The van der Waals surface area contributed by atoms with Gasteiger partial charge in [-0.2, -0.15) is 0 Å². The fourth-order valence-electron chi connectivity index (χ4n) is 3.28. The fraction of sp³-hybridized carbons (Fsp3) is 0.588. The summed E-state index contributed by atoms with van der Waals surface area (Å²) in [6.07, 6.45) is 3.15. The molecule has 2 saturated heterocycles. The Morgan fingerprint density at radius 1 is 1.25 bits per heavy atom. The average Bonchev–Trinajstić information content (AvgIpc) is 2.62. The van der Waals surface area contributed by atoms with Gasteiger partial charge in [-0.3, -0.25) is 9.59 Å². The topological polar surface area (TPSA) is 88.8 Å². The molecular weight excluding hydrogens is 308 g/mol. The molecule has 1 aromatic rings. The molecule has 3 heterocycles. The number of likely N-dealkylation sites (tertiary alicyclic amines) is 1. The van der Waals surface area contributed by atoms with Crippen LogP contribution in [0, 0.1) is 5.92 Å². The van der Waals surface area contributed by atoms with Crippen LogP contribution in [-0.2, 0) is 9.53 Å². The lowest BCUT2D eigenvalue weighted by Gasteiger charge is -2.37. The molecule has 130 valence electrons. The number of nitrogens with two attached hydrogens (primary N) is 1. The number of carbonyl (C=O) groups is 2. The maximum Gasteiger partial charge on any atom is 0.255 e. The summed E-state index contributed by atoms with van der Waals surface area (Å²) in [5, 5.41) is 0. The molecule has 0 bridgehead atoms. The minimum atomic E-state index is -0.333. The van der Waals surface area contributed by atoms with Crippen molar-refractivity contribution >= 4 is 17.6 Å². The van der Waals surface area contributed by atoms with Gasteiger partial charge in [-0.25, -0.2) is 4.98 Å². The van der Waals surface area contributed by atoms with Gasteiger partial charge in [-0.1, -0.05) is 0 Å².